The maximum Gasteiger partial charge on any atom is 0.293 e. The summed E-state index contributed by atoms with van der Waals surface area (Å²) in [6, 6.07) is 11.4. The number of nitro groups is 1. The number of nitro benzene ring substituents is 1. The quantitative estimate of drug-likeness (QED) is 0.606. The number of halogens is 1. The fourth-order valence-electron chi connectivity index (χ4n) is 2.63. The van der Waals surface area contributed by atoms with Crippen LogP contribution in [0.2, 0.25) is 0 Å². The molecule has 2 aromatic carbocycles. The van der Waals surface area contributed by atoms with Crippen LogP contribution in [0, 0.1) is 17.0 Å². The minimum Gasteiger partial charge on any atom is -0.335 e. The van der Waals surface area contributed by atoms with Crippen LogP contribution in [0.1, 0.15) is 11.1 Å². The zero-order valence-electron chi connectivity index (χ0n) is 11.0. The van der Waals surface area contributed by atoms with Crippen LogP contribution in [-0.2, 0) is 6.42 Å². The van der Waals surface area contributed by atoms with Crippen LogP contribution in [0.25, 0.3) is 0 Å². The van der Waals surface area contributed by atoms with Crippen LogP contribution >= 0.6 is 15.9 Å². The van der Waals surface area contributed by atoms with Crippen molar-refractivity contribution in [3.8, 4) is 0 Å². The molecule has 1 heterocycles. The van der Waals surface area contributed by atoms with Gasteiger partial charge in [0.2, 0.25) is 0 Å². The van der Waals surface area contributed by atoms with E-state index >= 15 is 0 Å². The Bertz CT molecular complexity index is 700. The largest absolute Gasteiger partial charge is 0.335 e. The molecule has 20 heavy (non-hydrogen) atoms. The molecule has 1 aliphatic rings. The third kappa shape index (κ3) is 2.18. The Morgan fingerprint density at radius 1 is 1.20 bits per heavy atom. The molecule has 0 amide bonds. The molecule has 0 spiro atoms. The second-order valence-electron chi connectivity index (χ2n) is 4.92. The molecule has 0 aliphatic carbocycles. The van der Waals surface area contributed by atoms with Gasteiger partial charge in [-0.1, -0.05) is 22.0 Å². The van der Waals surface area contributed by atoms with Crippen LogP contribution in [0.15, 0.2) is 40.9 Å². The van der Waals surface area contributed by atoms with E-state index in [0.717, 1.165) is 28.7 Å². The van der Waals surface area contributed by atoms with E-state index in [-0.39, 0.29) is 10.6 Å². The van der Waals surface area contributed by atoms with Gasteiger partial charge in [-0.25, -0.2) is 0 Å². The van der Waals surface area contributed by atoms with Gasteiger partial charge in [-0.15, -0.1) is 0 Å². The van der Waals surface area contributed by atoms with Crippen molar-refractivity contribution in [2.75, 3.05) is 11.4 Å². The Hall–Kier alpha value is -1.88. The van der Waals surface area contributed by atoms with Gasteiger partial charge in [-0.3, -0.25) is 10.1 Å². The summed E-state index contributed by atoms with van der Waals surface area (Å²) in [5, 5.41) is 11.3. The molecular formula is C15H13BrN2O2. The lowest BCUT2D eigenvalue weighted by atomic mass is 10.1. The second kappa shape index (κ2) is 4.90. The number of hydrogen-bond donors (Lipinski definition) is 0. The Morgan fingerprint density at radius 2 is 1.95 bits per heavy atom. The van der Waals surface area contributed by atoms with Gasteiger partial charge in [0.25, 0.3) is 5.69 Å². The first-order chi connectivity index (χ1) is 9.56. The first-order valence-corrected chi connectivity index (χ1v) is 7.16. The monoisotopic (exact) mass is 332 g/mol. The van der Waals surface area contributed by atoms with Crippen molar-refractivity contribution in [1.82, 2.24) is 0 Å². The third-order valence-corrected chi connectivity index (χ3v) is 4.05. The molecule has 0 unspecified atom stereocenters. The Balaban J connectivity index is 2.11. The van der Waals surface area contributed by atoms with Crippen molar-refractivity contribution in [1.29, 1.82) is 0 Å². The molecule has 0 radical (unpaired) electrons. The number of fused-ring (bicyclic) bond motifs is 1. The minimum atomic E-state index is -0.306. The van der Waals surface area contributed by atoms with Crippen LogP contribution in [-0.4, -0.2) is 11.5 Å². The summed E-state index contributed by atoms with van der Waals surface area (Å²) in [5.41, 5.74) is 4.01. The molecule has 0 aromatic heterocycles. The second-order valence-corrected chi connectivity index (χ2v) is 5.84. The molecule has 102 valence electrons. The highest BCUT2D eigenvalue weighted by atomic mass is 79.9. The highest BCUT2D eigenvalue weighted by molar-refractivity contribution is 9.10. The molecule has 1 aliphatic heterocycles. The van der Waals surface area contributed by atoms with Crippen molar-refractivity contribution in [3.63, 3.8) is 0 Å². The van der Waals surface area contributed by atoms with Crippen molar-refractivity contribution >= 4 is 33.0 Å². The number of nitrogens with zero attached hydrogens (tertiary/aromatic N) is 2. The van der Waals surface area contributed by atoms with Crippen molar-refractivity contribution in [3.05, 3.63) is 62.1 Å². The van der Waals surface area contributed by atoms with Gasteiger partial charge in [0.1, 0.15) is 5.69 Å². The van der Waals surface area contributed by atoms with Gasteiger partial charge in [0.15, 0.2) is 0 Å². The van der Waals surface area contributed by atoms with E-state index in [0.29, 0.717) is 5.69 Å². The average Bonchev–Trinajstić information content (AvgIpc) is 2.81. The van der Waals surface area contributed by atoms with Gasteiger partial charge in [-0.05, 0) is 48.7 Å². The highest BCUT2D eigenvalue weighted by Crippen LogP contribution is 2.40. The molecule has 0 atom stereocenters. The van der Waals surface area contributed by atoms with E-state index in [2.05, 4.69) is 22.0 Å². The van der Waals surface area contributed by atoms with Crippen molar-refractivity contribution < 1.29 is 4.92 Å². The lowest BCUT2D eigenvalue weighted by molar-refractivity contribution is -0.384. The fraction of sp³-hybridized carbons (Fsp3) is 0.200. The summed E-state index contributed by atoms with van der Waals surface area (Å²) in [7, 11) is 0. The van der Waals surface area contributed by atoms with E-state index < -0.39 is 0 Å². The summed E-state index contributed by atoms with van der Waals surface area (Å²) in [6.45, 7) is 2.64. The van der Waals surface area contributed by atoms with Gasteiger partial charge in [0, 0.05) is 22.8 Å². The fourth-order valence-corrected chi connectivity index (χ4v) is 3.04. The Labute approximate surface area is 125 Å². The van der Waals surface area contributed by atoms with E-state index in [4.69, 9.17) is 0 Å². The normalized spacial score (nSPS) is 13.4. The third-order valence-electron chi connectivity index (χ3n) is 3.56. The summed E-state index contributed by atoms with van der Waals surface area (Å²) in [6.07, 6.45) is 0.903. The van der Waals surface area contributed by atoms with Crippen molar-refractivity contribution in [2.45, 2.75) is 13.3 Å². The SMILES string of the molecule is Cc1ccc(N2CCc3cc(Br)ccc32)c([N+](=O)[O-])c1. The molecule has 0 saturated carbocycles. The first kappa shape index (κ1) is 13.1. The maximum atomic E-state index is 11.3. The molecule has 3 rings (SSSR count). The molecule has 0 fully saturated rings. The summed E-state index contributed by atoms with van der Waals surface area (Å²) < 4.78 is 1.04. The smallest absolute Gasteiger partial charge is 0.293 e. The predicted molar refractivity (Wildman–Crippen MR) is 82.7 cm³/mol. The van der Waals surface area contributed by atoms with Gasteiger partial charge >= 0.3 is 0 Å². The van der Waals surface area contributed by atoms with Gasteiger partial charge in [-0.2, -0.15) is 0 Å². The van der Waals surface area contributed by atoms with E-state index in [1.54, 1.807) is 6.07 Å². The molecule has 0 saturated heterocycles. The molecular weight excluding hydrogens is 320 g/mol. The Kier molecular flexibility index (Phi) is 3.22. The first-order valence-electron chi connectivity index (χ1n) is 6.37. The summed E-state index contributed by atoms with van der Waals surface area (Å²) in [5.74, 6) is 0. The number of rotatable bonds is 2. The minimum absolute atomic E-state index is 0.167. The molecule has 4 nitrogen and oxygen atoms in total. The zero-order chi connectivity index (χ0) is 14.3. The van der Waals surface area contributed by atoms with Crippen LogP contribution in [0.3, 0.4) is 0 Å². The predicted octanol–water partition coefficient (Wildman–Crippen LogP) is 4.36. The van der Waals surface area contributed by atoms with Crippen LogP contribution < -0.4 is 4.90 Å². The summed E-state index contributed by atoms with van der Waals surface area (Å²) >= 11 is 3.46. The Morgan fingerprint density at radius 3 is 2.70 bits per heavy atom. The maximum absolute atomic E-state index is 11.3. The number of anilines is 2. The van der Waals surface area contributed by atoms with Crippen LogP contribution in [0.4, 0.5) is 17.1 Å². The number of hydrogen-bond acceptors (Lipinski definition) is 3. The zero-order valence-corrected chi connectivity index (χ0v) is 12.6. The van der Waals surface area contributed by atoms with E-state index in [9.17, 15) is 10.1 Å². The lowest BCUT2D eigenvalue weighted by Gasteiger charge is -2.19. The topological polar surface area (TPSA) is 46.4 Å². The van der Waals surface area contributed by atoms with Gasteiger partial charge < -0.3 is 4.90 Å². The lowest BCUT2D eigenvalue weighted by Crippen LogP contribution is -2.15. The number of aryl methyl sites for hydroxylation is 1. The van der Waals surface area contributed by atoms with Crippen molar-refractivity contribution in [2.24, 2.45) is 0 Å². The number of benzene rings is 2. The molecule has 2 aromatic rings. The van der Waals surface area contributed by atoms with E-state index in [1.165, 1.54) is 5.56 Å². The average molecular weight is 333 g/mol. The molecule has 0 bridgehead atoms. The van der Waals surface area contributed by atoms with E-state index in [1.807, 2.05) is 36.1 Å². The summed E-state index contributed by atoms with van der Waals surface area (Å²) in [4.78, 5) is 13.0. The standard InChI is InChI=1S/C15H13BrN2O2/c1-10-2-4-14(15(8-10)18(19)20)17-7-6-11-9-12(16)3-5-13(11)17/h2-5,8-9H,6-7H2,1H3. The molecule has 5 heteroatoms. The van der Waals surface area contributed by atoms with Crippen LogP contribution in [0.5, 0.6) is 0 Å². The molecule has 0 N–H and O–H groups in total. The van der Waals surface area contributed by atoms with Gasteiger partial charge in [0.05, 0.1) is 4.92 Å². The highest BCUT2D eigenvalue weighted by Gasteiger charge is 2.26.